The Labute approximate surface area is 235 Å². The molecular weight excluding hydrogens is 526 g/mol. The number of benzene rings is 1. The number of carbonyl (C=O) groups is 4. The highest BCUT2D eigenvalue weighted by Gasteiger charge is 2.25. The van der Waals surface area contributed by atoms with E-state index in [0.29, 0.717) is 5.56 Å². The molecule has 1 aromatic carbocycles. The maximum atomic E-state index is 12.4. The minimum Gasteiger partial charge on any atom is -0.468 e. The summed E-state index contributed by atoms with van der Waals surface area (Å²) in [4.78, 5) is 48.8. The van der Waals surface area contributed by atoms with Crippen LogP contribution in [0, 0.1) is 0 Å². The van der Waals surface area contributed by atoms with Crippen molar-refractivity contribution in [2.75, 3.05) is 20.3 Å². The van der Waals surface area contributed by atoms with Gasteiger partial charge in [-0.2, -0.15) is 0 Å². The van der Waals surface area contributed by atoms with Crippen LogP contribution in [-0.2, 0) is 34.9 Å². The van der Waals surface area contributed by atoms with Crippen LogP contribution < -0.4 is 14.8 Å². The van der Waals surface area contributed by atoms with Crippen LogP contribution in [0.5, 0.6) is 11.5 Å². The number of rotatable bonds is 12. The van der Waals surface area contributed by atoms with E-state index in [0.717, 1.165) is 12.8 Å². The van der Waals surface area contributed by atoms with Crippen LogP contribution in [0.3, 0.4) is 0 Å². The van der Waals surface area contributed by atoms with Gasteiger partial charge in [0.25, 0.3) is 0 Å². The van der Waals surface area contributed by atoms with E-state index >= 15 is 0 Å². The topological polar surface area (TPSA) is 145 Å². The van der Waals surface area contributed by atoms with Crippen LogP contribution >= 0.6 is 0 Å². The van der Waals surface area contributed by atoms with E-state index in [4.69, 9.17) is 33.2 Å². The molecule has 0 amide bonds. The van der Waals surface area contributed by atoms with Crippen LogP contribution in [0.4, 0.5) is 14.4 Å². The lowest BCUT2D eigenvalue weighted by atomic mass is 10.1. The Morgan fingerprint density at radius 2 is 1.45 bits per heavy atom. The van der Waals surface area contributed by atoms with Gasteiger partial charge in [-0.3, -0.25) is 4.79 Å². The predicted molar refractivity (Wildman–Crippen MR) is 144 cm³/mol. The van der Waals surface area contributed by atoms with E-state index in [1.54, 1.807) is 54.5 Å². The quantitative estimate of drug-likeness (QED) is 0.150. The van der Waals surface area contributed by atoms with Crippen molar-refractivity contribution in [1.29, 1.82) is 0 Å². The standard InChI is InChI=1S/C28H43NO11/c1-10-11-18(2)36-24(31)35-15-14-29-20(23(30)34-9)16-19-12-13-21(37-25(32)39-27(3,4)5)22(17-19)38-26(33)40-28(6,7)8/h12-13,17-18,20,29H,10-11,14-16H2,1-9H3/t18?,20-/m0/s1. The molecule has 226 valence electrons. The van der Waals surface area contributed by atoms with Gasteiger partial charge in [0.2, 0.25) is 0 Å². The zero-order valence-electron chi connectivity index (χ0n) is 24.9. The lowest BCUT2D eigenvalue weighted by Crippen LogP contribution is -2.41. The smallest absolute Gasteiger partial charge is 0.468 e. The fourth-order valence-corrected chi connectivity index (χ4v) is 3.21. The number of carbonyl (C=O) groups excluding carboxylic acids is 4. The fourth-order valence-electron chi connectivity index (χ4n) is 3.21. The molecule has 0 aliphatic carbocycles. The average molecular weight is 570 g/mol. The first-order valence-corrected chi connectivity index (χ1v) is 13.1. The van der Waals surface area contributed by atoms with Crippen molar-refractivity contribution in [1.82, 2.24) is 5.32 Å². The summed E-state index contributed by atoms with van der Waals surface area (Å²) in [5.74, 6) is -0.771. The molecule has 1 N–H and O–H groups in total. The highest BCUT2D eigenvalue weighted by atomic mass is 16.8. The summed E-state index contributed by atoms with van der Waals surface area (Å²) in [7, 11) is 1.24. The Bertz CT molecular complexity index is 995. The van der Waals surface area contributed by atoms with Crippen LogP contribution in [0.2, 0.25) is 0 Å². The fraction of sp³-hybridized carbons (Fsp3) is 0.643. The van der Waals surface area contributed by atoms with E-state index in [-0.39, 0.29) is 37.2 Å². The molecule has 0 saturated carbocycles. The zero-order chi connectivity index (χ0) is 30.5. The lowest BCUT2D eigenvalue weighted by molar-refractivity contribution is -0.143. The van der Waals surface area contributed by atoms with Crippen molar-refractivity contribution in [2.45, 2.75) is 98.0 Å². The van der Waals surface area contributed by atoms with Gasteiger partial charge in [0.15, 0.2) is 11.5 Å². The summed E-state index contributed by atoms with van der Waals surface area (Å²) >= 11 is 0. The monoisotopic (exact) mass is 569 g/mol. The third kappa shape index (κ3) is 14.6. The Morgan fingerprint density at radius 1 is 0.875 bits per heavy atom. The third-order valence-electron chi connectivity index (χ3n) is 4.80. The molecule has 0 aromatic heterocycles. The van der Waals surface area contributed by atoms with Crippen molar-refractivity contribution in [2.24, 2.45) is 0 Å². The van der Waals surface area contributed by atoms with Gasteiger partial charge in [0, 0.05) is 6.54 Å². The summed E-state index contributed by atoms with van der Waals surface area (Å²) < 4.78 is 36.1. The summed E-state index contributed by atoms with van der Waals surface area (Å²) in [6.45, 7) is 13.9. The summed E-state index contributed by atoms with van der Waals surface area (Å²) in [6.07, 6.45) is -1.37. The Hall–Kier alpha value is -3.54. The largest absolute Gasteiger partial charge is 0.514 e. The van der Waals surface area contributed by atoms with Gasteiger partial charge in [-0.25, -0.2) is 14.4 Å². The molecule has 1 unspecified atom stereocenters. The highest BCUT2D eigenvalue weighted by molar-refractivity contribution is 5.76. The SMILES string of the molecule is CCCC(C)OC(=O)OCCN[C@@H](Cc1ccc(OC(=O)OC(C)(C)C)c(OC(=O)OC(C)(C)C)c1)C(=O)OC. The van der Waals surface area contributed by atoms with Gasteiger partial charge in [-0.15, -0.1) is 0 Å². The maximum absolute atomic E-state index is 12.4. The van der Waals surface area contributed by atoms with Gasteiger partial charge in [-0.1, -0.05) is 19.4 Å². The van der Waals surface area contributed by atoms with Gasteiger partial charge < -0.3 is 38.5 Å². The Kier molecular flexibility index (Phi) is 13.7. The molecular formula is C28H43NO11. The van der Waals surface area contributed by atoms with E-state index in [2.05, 4.69) is 5.32 Å². The third-order valence-corrected chi connectivity index (χ3v) is 4.80. The van der Waals surface area contributed by atoms with Crippen molar-refractivity contribution < 1.29 is 52.3 Å². The summed E-state index contributed by atoms with van der Waals surface area (Å²) in [5, 5.41) is 2.97. The van der Waals surface area contributed by atoms with Crippen LogP contribution in [0.15, 0.2) is 18.2 Å². The molecule has 1 rings (SSSR count). The molecule has 0 bridgehead atoms. The van der Waals surface area contributed by atoms with Gasteiger partial charge >= 0.3 is 24.4 Å². The molecule has 12 nitrogen and oxygen atoms in total. The highest BCUT2D eigenvalue weighted by Crippen LogP contribution is 2.31. The van der Waals surface area contributed by atoms with Crippen LogP contribution in [0.1, 0.15) is 73.8 Å². The minimum atomic E-state index is -1.02. The number of ether oxygens (including phenoxy) is 7. The minimum absolute atomic E-state index is 0.0408. The predicted octanol–water partition coefficient (Wildman–Crippen LogP) is 5.33. The molecule has 2 atom stereocenters. The summed E-state index contributed by atoms with van der Waals surface area (Å²) in [6, 6.07) is 3.59. The summed E-state index contributed by atoms with van der Waals surface area (Å²) in [5.41, 5.74) is -1.10. The molecule has 0 saturated heterocycles. The Balaban J connectivity index is 3.00. The van der Waals surface area contributed by atoms with E-state index in [1.165, 1.54) is 19.2 Å². The van der Waals surface area contributed by atoms with Crippen LogP contribution in [-0.4, -0.2) is 68.0 Å². The molecule has 0 aliphatic rings. The Morgan fingerprint density at radius 3 is 1.98 bits per heavy atom. The van der Waals surface area contributed by atoms with E-state index in [9.17, 15) is 19.2 Å². The van der Waals surface area contributed by atoms with E-state index in [1.807, 2.05) is 6.92 Å². The molecule has 0 heterocycles. The number of hydrogen-bond acceptors (Lipinski definition) is 12. The molecule has 1 aromatic rings. The number of nitrogens with one attached hydrogen (secondary N) is 1. The van der Waals surface area contributed by atoms with Crippen LogP contribution in [0.25, 0.3) is 0 Å². The van der Waals surface area contributed by atoms with Crippen molar-refractivity contribution in [3.05, 3.63) is 23.8 Å². The first-order chi connectivity index (χ1) is 18.5. The normalized spacial score (nSPS) is 12.9. The lowest BCUT2D eigenvalue weighted by Gasteiger charge is -2.21. The van der Waals surface area contributed by atoms with Crippen molar-refractivity contribution >= 4 is 24.4 Å². The number of hydrogen-bond donors (Lipinski definition) is 1. The first kappa shape index (κ1) is 34.5. The second kappa shape index (κ2) is 15.9. The molecule has 0 fully saturated rings. The van der Waals surface area contributed by atoms with Gasteiger partial charge in [0.1, 0.15) is 30.0 Å². The first-order valence-electron chi connectivity index (χ1n) is 13.1. The number of esters is 1. The number of methoxy groups -OCH3 is 1. The average Bonchev–Trinajstić information content (AvgIpc) is 2.79. The molecule has 12 heteroatoms. The molecule has 40 heavy (non-hydrogen) atoms. The second-order valence-electron chi connectivity index (χ2n) is 11.0. The van der Waals surface area contributed by atoms with Gasteiger partial charge in [-0.05, 0) is 79.0 Å². The second-order valence-corrected chi connectivity index (χ2v) is 11.0. The molecule has 0 radical (unpaired) electrons. The molecule has 0 spiro atoms. The van der Waals surface area contributed by atoms with Gasteiger partial charge in [0.05, 0.1) is 7.11 Å². The van der Waals surface area contributed by atoms with Crippen molar-refractivity contribution in [3.63, 3.8) is 0 Å². The molecule has 0 aliphatic heterocycles. The van der Waals surface area contributed by atoms with E-state index < -0.39 is 41.7 Å². The maximum Gasteiger partial charge on any atom is 0.514 e. The zero-order valence-corrected chi connectivity index (χ0v) is 24.9. The van der Waals surface area contributed by atoms with Crippen molar-refractivity contribution in [3.8, 4) is 11.5 Å².